The predicted molar refractivity (Wildman–Crippen MR) is 168 cm³/mol. The second-order valence-electron chi connectivity index (χ2n) is 12.0. The molecule has 0 saturated carbocycles. The van der Waals surface area contributed by atoms with Gasteiger partial charge in [0.15, 0.2) is 0 Å². The van der Waals surface area contributed by atoms with Gasteiger partial charge in [0.05, 0.1) is 28.1 Å². The van der Waals surface area contributed by atoms with Crippen molar-refractivity contribution in [1.29, 1.82) is 0 Å². The molecule has 3 heterocycles. The van der Waals surface area contributed by atoms with E-state index < -0.39 is 29.1 Å². The molecule has 0 aliphatic carbocycles. The van der Waals surface area contributed by atoms with E-state index >= 15 is 0 Å². The summed E-state index contributed by atoms with van der Waals surface area (Å²) in [6.45, 7) is 14.0. The highest BCUT2D eigenvalue weighted by Gasteiger charge is 2.80. The number of carbonyl (C=O) groups excluding carboxylic acids is 3. The highest BCUT2D eigenvalue weighted by atomic mass is 35.5. The molecule has 228 valence electrons. The average molecular weight is 606 g/mol. The molecule has 3 unspecified atom stereocenters. The number of amides is 3. The van der Waals surface area contributed by atoms with Crippen molar-refractivity contribution in [2.45, 2.75) is 50.9 Å². The lowest BCUT2D eigenvalue weighted by atomic mass is 9.62. The van der Waals surface area contributed by atoms with Gasteiger partial charge in [-0.15, -0.1) is 13.2 Å². The number of hydrogen-bond acceptors (Lipinski definition) is 5. The van der Waals surface area contributed by atoms with Gasteiger partial charge in [-0.2, -0.15) is 0 Å². The Morgan fingerprint density at radius 1 is 1.09 bits per heavy atom. The first-order valence-electron chi connectivity index (χ1n) is 14.8. The number of aliphatic hydroxyl groups excluding tert-OH is 1. The summed E-state index contributed by atoms with van der Waals surface area (Å²) in [6, 6.07) is 13.7. The van der Waals surface area contributed by atoms with Gasteiger partial charge in [0.25, 0.3) is 5.91 Å². The lowest BCUT2D eigenvalue weighted by Crippen LogP contribution is -2.57. The van der Waals surface area contributed by atoms with E-state index in [0.29, 0.717) is 22.8 Å². The monoisotopic (exact) mass is 605 g/mol. The molecular formula is C34H40ClN3O5. The third kappa shape index (κ3) is 4.80. The Balaban J connectivity index is 1.64. The van der Waals surface area contributed by atoms with Gasteiger partial charge in [0.1, 0.15) is 11.6 Å². The number of aryl methyl sites for hydroxylation is 1. The van der Waals surface area contributed by atoms with Crippen LogP contribution in [0.15, 0.2) is 73.8 Å². The largest absolute Gasteiger partial charge is 0.396 e. The van der Waals surface area contributed by atoms with Crippen LogP contribution in [0.3, 0.4) is 0 Å². The molecule has 1 N–H and O–H groups in total. The molecule has 2 aromatic carbocycles. The maximum atomic E-state index is 14.8. The van der Waals surface area contributed by atoms with Crippen molar-refractivity contribution >= 4 is 40.7 Å². The molecule has 3 saturated heterocycles. The zero-order chi connectivity index (χ0) is 31.1. The topological polar surface area (TPSA) is 90.4 Å². The lowest BCUT2D eigenvalue weighted by Gasteiger charge is -2.39. The summed E-state index contributed by atoms with van der Waals surface area (Å²) >= 11 is 6.65. The minimum absolute atomic E-state index is 0.116. The normalized spacial score (nSPS) is 29.0. The number of rotatable bonds is 11. The van der Waals surface area contributed by atoms with E-state index in [1.807, 2.05) is 63.2 Å². The maximum Gasteiger partial charge on any atom is 0.253 e. The molecule has 1 spiro atoms. The van der Waals surface area contributed by atoms with Crippen LogP contribution in [0.2, 0.25) is 5.02 Å². The van der Waals surface area contributed by atoms with Crippen LogP contribution in [0, 0.1) is 24.7 Å². The molecule has 2 aromatic rings. The SMILES string of the molecule is C=CCN(C(=O)[C@H]1[C@H]2C(=O)N(CCCO)C(C(=O)N(CC=C)c3c(C)cccc3Cl)C23CC(C)[C@]1(C)O3)c1ccccc1. The fourth-order valence-electron chi connectivity index (χ4n) is 7.64. The van der Waals surface area contributed by atoms with Gasteiger partial charge in [0.2, 0.25) is 11.8 Å². The summed E-state index contributed by atoms with van der Waals surface area (Å²) in [7, 11) is 0. The molecular weight excluding hydrogens is 566 g/mol. The van der Waals surface area contributed by atoms with E-state index in [4.69, 9.17) is 16.3 Å². The zero-order valence-corrected chi connectivity index (χ0v) is 25.8. The van der Waals surface area contributed by atoms with E-state index in [9.17, 15) is 19.5 Å². The fraction of sp³-hybridized carbons (Fsp3) is 0.441. The molecule has 9 heteroatoms. The molecule has 0 aromatic heterocycles. The zero-order valence-electron chi connectivity index (χ0n) is 25.0. The summed E-state index contributed by atoms with van der Waals surface area (Å²) < 4.78 is 6.92. The van der Waals surface area contributed by atoms with Crippen molar-refractivity contribution in [2.75, 3.05) is 36.0 Å². The molecule has 5 rings (SSSR count). The van der Waals surface area contributed by atoms with Crippen LogP contribution in [0.25, 0.3) is 0 Å². The van der Waals surface area contributed by atoms with Gasteiger partial charge in [-0.3, -0.25) is 14.4 Å². The van der Waals surface area contributed by atoms with E-state index in [1.165, 1.54) is 4.90 Å². The van der Waals surface area contributed by atoms with Crippen LogP contribution >= 0.6 is 11.6 Å². The number of ether oxygens (including phenoxy) is 1. The number of carbonyl (C=O) groups is 3. The summed E-state index contributed by atoms with van der Waals surface area (Å²) in [4.78, 5) is 48.6. The Bertz CT molecular complexity index is 1410. The van der Waals surface area contributed by atoms with Gasteiger partial charge in [0, 0.05) is 31.9 Å². The Kier molecular flexibility index (Phi) is 8.58. The van der Waals surface area contributed by atoms with Gasteiger partial charge in [-0.25, -0.2) is 0 Å². The highest BCUT2D eigenvalue weighted by Crippen LogP contribution is 2.65. The van der Waals surface area contributed by atoms with E-state index in [-0.39, 0.29) is 56.3 Å². The molecule has 3 fully saturated rings. The second kappa shape index (κ2) is 11.9. The predicted octanol–water partition coefficient (Wildman–Crippen LogP) is 4.78. The smallest absolute Gasteiger partial charge is 0.253 e. The maximum absolute atomic E-state index is 14.8. The Morgan fingerprint density at radius 2 is 1.77 bits per heavy atom. The number of anilines is 2. The van der Waals surface area contributed by atoms with E-state index in [2.05, 4.69) is 13.2 Å². The molecule has 3 aliphatic rings. The van der Waals surface area contributed by atoms with E-state index in [0.717, 1.165) is 5.56 Å². The molecule has 3 aliphatic heterocycles. The van der Waals surface area contributed by atoms with Crippen LogP contribution in [0.5, 0.6) is 0 Å². The standard InChI is InChI=1S/C34H40ClN3O5/c1-6-17-36(24-14-9-8-10-15-24)30(40)26-27-31(41)38(19-12-20-39)29(34(27)21-23(4)33(26,5)43-34)32(42)37(18-7-2)28-22(3)13-11-16-25(28)35/h6-11,13-16,23,26-27,29,39H,1-2,12,17-21H2,3-5H3/t23?,26-,27+,29?,33+,34?/m1/s1. The number of hydrogen-bond donors (Lipinski definition) is 1. The van der Waals surface area contributed by atoms with Gasteiger partial charge in [-0.1, -0.05) is 61.0 Å². The Hall–Kier alpha value is -3.46. The minimum atomic E-state index is -1.23. The minimum Gasteiger partial charge on any atom is -0.396 e. The van der Waals surface area contributed by atoms with Crippen molar-refractivity contribution in [3.05, 3.63) is 84.4 Å². The Labute approximate surface area is 258 Å². The average Bonchev–Trinajstić information content (AvgIpc) is 3.50. The fourth-order valence-corrected chi connectivity index (χ4v) is 7.96. The van der Waals surface area contributed by atoms with Gasteiger partial charge >= 0.3 is 0 Å². The number of halogens is 1. The molecule has 3 amide bonds. The van der Waals surface area contributed by atoms with Crippen molar-refractivity contribution in [3.63, 3.8) is 0 Å². The van der Waals surface area contributed by atoms with Gasteiger partial charge in [-0.05, 0) is 56.4 Å². The number of para-hydroxylation sites is 2. The first-order chi connectivity index (χ1) is 20.6. The van der Waals surface area contributed by atoms with Crippen molar-refractivity contribution < 1.29 is 24.2 Å². The number of nitrogens with zero attached hydrogens (tertiary/aromatic N) is 3. The van der Waals surface area contributed by atoms with Crippen molar-refractivity contribution in [3.8, 4) is 0 Å². The summed E-state index contributed by atoms with van der Waals surface area (Å²) in [5.41, 5.74) is -0.165. The van der Waals surface area contributed by atoms with Crippen LogP contribution in [-0.2, 0) is 19.1 Å². The third-order valence-electron chi connectivity index (χ3n) is 9.55. The molecule has 2 bridgehead atoms. The first-order valence-corrected chi connectivity index (χ1v) is 15.2. The van der Waals surface area contributed by atoms with Crippen molar-refractivity contribution in [2.24, 2.45) is 17.8 Å². The molecule has 0 radical (unpaired) electrons. The van der Waals surface area contributed by atoms with Crippen LogP contribution in [0.4, 0.5) is 11.4 Å². The number of likely N-dealkylation sites (tertiary alicyclic amines) is 1. The van der Waals surface area contributed by atoms with Crippen LogP contribution < -0.4 is 9.80 Å². The number of benzene rings is 2. The Morgan fingerprint density at radius 3 is 2.40 bits per heavy atom. The molecule has 43 heavy (non-hydrogen) atoms. The summed E-state index contributed by atoms with van der Waals surface area (Å²) in [6.07, 6.45) is 4.01. The molecule has 6 atom stereocenters. The van der Waals surface area contributed by atoms with Gasteiger partial charge < -0.3 is 24.5 Å². The van der Waals surface area contributed by atoms with Crippen LogP contribution in [0.1, 0.15) is 32.3 Å². The summed E-state index contributed by atoms with van der Waals surface area (Å²) in [5.74, 6) is -2.70. The number of fused-ring (bicyclic) bond motifs is 1. The highest BCUT2D eigenvalue weighted by molar-refractivity contribution is 6.34. The third-order valence-corrected chi connectivity index (χ3v) is 9.86. The van der Waals surface area contributed by atoms with Crippen molar-refractivity contribution in [1.82, 2.24) is 4.90 Å². The first kappa shape index (κ1) is 31.0. The van der Waals surface area contributed by atoms with Crippen LogP contribution in [-0.4, -0.2) is 71.2 Å². The second-order valence-corrected chi connectivity index (χ2v) is 12.4. The van der Waals surface area contributed by atoms with E-state index in [1.54, 1.807) is 28.0 Å². The number of aliphatic hydroxyl groups is 1. The molecule has 8 nitrogen and oxygen atoms in total. The quantitative estimate of drug-likeness (QED) is 0.372. The summed E-state index contributed by atoms with van der Waals surface area (Å²) in [5, 5.41) is 10.1. The lowest BCUT2D eigenvalue weighted by molar-refractivity contribution is -0.146.